The standard InChI is InChI=1S/C29H29N3O3S/c1-18(2)35-28(34)25-19(3)30-29-32(15-8-16-36-29)26(25)21-11-6-12-22(17-21)31-27(33)24-14-7-10-20-9-4-5-13-23(20)24/h4-7,9-14,17-18,26H,8,15-16H2,1-3H3,(H,31,33). The van der Waals surface area contributed by atoms with Crippen LogP contribution in [-0.2, 0) is 9.53 Å². The van der Waals surface area contributed by atoms with Gasteiger partial charge in [-0.1, -0.05) is 60.3 Å². The van der Waals surface area contributed by atoms with E-state index in [2.05, 4.69) is 10.2 Å². The first kappa shape index (κ1) is 24.1. The van der Waals surface area contributed by atoms with Crippen molar-refractivity contribution in [1.29, 1.82) is 0 Å². The van der Waals surface area contributed by atoms with Crippen LogP contribution in [0, 0.1) is 0 Å². The summed E-state index contributed by atoms with van der Waals surface area (Å²) in [6.45, 7) is 6.37. The molecule has 1 unspecified atom stereocenters. The number of allylic oxidation sites excluding steroid dienone is 1. The Morgan fingerprint density at radius 3 is 2.69 bits per heavy atom. The number of amides is 1. The van der Waals surface area contributed by atoms with Gasteiger partial charge in [0.2, 0.25) is 0 Å². The third kappa shape index (κ3) is 4.75. The number of nitrogens with one attached hydrogen (secondary N) is 1. The van der Waals surface area contributed by atoms with Gasteiger partial charge in [0, 0.05) is 23.5 Å². The summed E-state index contributed by atoms with van der Waals surface area (Å²) < 4.78 is 5.62. The zero-order chi connectivity index (χ0) is 25.2. The lowest BCUT2D eigenvalue weighted by atomic mass is 9.94. The van der Waals surface area contributed by atoms with E-state index in [0.717, 1.165) is 40.2 Å². The lowest BCUT2D eigenvalue weighted by molar-refractivity contribution is -0.143. The smallest absolute Gasteiger partial charge is 0.338 e. The molecule has 5 rings (SSSR count). The highest BCUT2D eigenvalue weighted by Crippen LogP contribution is 2.40. The third-order valence-corrected chi connectivity index (χ3v) is 7.39. The van der Waals surface area contributed by atoms with Crippen LogP contribution in [0.15, 0.2) is 83.0 Å². The van der Waals surface area contributed by atoms with Crippen molar-refractivity contribution in [3.63, 3.8) is 0 Å². The Bertz CT molecular complexity index is 1390. The minimum Gasteiger partial charge on any atom is -0.459 e. The molecule has 2 heterocycles. The van der Waals surface area contributed by atoms with Gasteiger partial charge in [0.25, 0.3) is 5.91 Å². The summed E-state index contributed by atoms with van der Waals surface area (Å²) in [6, 6.07) is 21.0. The van der Waals surface area contributed by atoms with E-state index in [4.69, 9.17) is 9.73 Å². The number of ether oxygens (including phenoxy) is 1. The summed E-state index contributed by atoms with van der Waals surface area (Å²) >= 11 is 1.71. The summed E-state index contributed by atoms with van der Waals surface area (Å²) in [5.41, 5.74) is 3.43. The fraction of sp³-hybridized carbons (Fsp3) is 0.276. The zero-order valence-corrected chi connectivity index (χ0v) is 21.5. The minimum absolute atomic E-state index is 0.172. The predicted molar refractivity (Wildman–Crippen MR) is 146 cm³/mol. The number of carbonyl (C=O) groups is 2. The van der Waals surface area contributed by atoms with Crippen molar-refractivity contribution in [1.82, 2.24) is 4.90 Å². The van der Waals surface area contributed by atoms with Crippen molar-refractivity contribution in [3.05, 3.63) is 89.1 Å². The van der Waals surface area contributed by atoms with Crippen LogP contribution in [-0.4, -0.2) is 40.3 Å². The summed E-state index contributed by atoms with van der Waals surface area (Å²) in [4.78, 5) is 33.4. The number of thioether (sulfide) groups is 1. The molecule has 3 aromatic carbocycles. The van der Waals surface area contributed by atoms with E-state index in [1.54, 1.807) is 11.8 Å². The number of hydrogen-bond acceptors (Lipinski definition) is 6. The molecular formula is C29H29N3O3S. The molecule has 2 aliphatic rings. The summed E-state index contributed by atoms with van der Waals surface area (Å²) in [6.07, 6.45) is 0.773. The van der Waals surface area contributed by atoms with Crippen LogP contribution < -0.4 is 5.32 Å². The average molecular weight is 500 g/mol. The fourth-order valence-electron chi connectivity index (χ4n) is 4.76. The Kier molecular flexibility index (Phi) is 6.83. The highest BCUT2D eigenvalue weighted by Gasteiger charge is 2.38. The highest BCUT2D eigenvalue weighted by atomic mass is 32.2. The molecule has 1 amide bonds. The van der Waals surface area contributed by atoms with Gasteiger partial charge in [-0.25, -0.2) is 9.79 Å². The number of aliphatic imine (C=N–C) groups is 1. The average Bonchev–Trinajstić information content (AvgIpc) is 2.87. The van der Waals surface area contributed by atoms with Crippen molar-refractivity contribution < 1.29 is 14.3 Å². The molecule has 0 spiro atoms. The quantitative estimate of drug-likeness (QED) is 0.425. The molecule has 7 heteroatoms. The molecule has 1 saturated heterocycles. The van der Waals surface area contributed by atoms with E-state index in [9.17, 15) is 9.59 Å². The summed E-state index contributed by atoms with van der Waals surface area (Å²) in [7, 11) is 0. The maximum absolute atomic E-state index is 13.3. The normalized spacial score (nSPS) is 17.6. The Morgan fingerprint density at radius 2 is 1.86 bits per heavy atom. The van der Waals surface area contributed by atoms with E-state index in [-0.39, 0.29) is 24.0 Å². The topological polar surface area (TPSA) is 71.0 Å². The number of hydrogen-bond donors (Lipinski definition) is 1. The highest BCUT2D eigenvalue weighted by molar-refractivity contribution is 8.13. The summed E-state index contributed by atoms with van der Waals surface area (Å²) in [5, 5.41) is 5.92. The molecule has 0 radical (unpaired) electrons. The first-order valence-corrected chi connectivity index (χ1v) is 13.2. The van der Waals surface area contributed by atoms with Crippen LogP contribution in [0.3, 0.4) is 0 Å². The number of rotatable bonds is 5. The lowest BCUT2D eigenvalue weighted by Gasteiger charge is -2.40. The molecular weight excluding hydrogens is 470 g/mol. The SMILES string of the molecule is CC1=C(C(=O)OC(C)C)C(c2cccc(NC(=O)c3cccc4ccccc34)c2)N2CCCSC2=N1. The Hall–Kier alpha value is -3.58. The number of anilines is 1. The van der Waals surface area contributed by atoms with Crippen molar-refractivity contribution >= 4 is 45.3 Å². The van der Waals surface area contributed by atoms with Crippen LogP contribution in [0.1, 0.15) is 49.2 Å². The Labute approximate surface area is 215 Å². The second-order valence-electron chi connectivity index (χ2n) is 9.25. The van der Waals surface area contributed by atoms with Gasteiger partial charge < -0.3 is 15.0 Å². The van der Waals surface area contributed by atoms with Crippen LogP contribution >= 0.6 is 11.8 Å². The molecule has 36 heavy (non-hydrogen) atoms. The van der Waals surface area contributed by atoms with Crippen molar-refractivity contribution in [3.8, 4) is 0 Å². The molecule has 3 aromatic rings. The number of nitrogens with zero attached hydrogens (tertiary/aromatic N) is 2. The number of amidine groups is 1. The Balaban J connectivity index is 1.49. The predicted octanol–water partition coefficient (Wildman–Crippen LogP) is 6.17. The maximum Gasteiger partial charge on any atom is 0.338 e. The lowest BCUT2D eigenvalue weighted by Crippen LogP contribution is -2.42. The molecule has 0 aromatic heterocycles. The van der Waals surface area contributed by atoms with Crippen molar-refractivity contribution in [2.45, 2.75) is 39.3 Å². The number of fused-ring (bicyclic) bond motifs is 2. The first-order valence-electron chi connectivity index (χ1n) is 12.2. The second kappa shape index (κ2) is 10.2. The molecule has 1 fully saturated rings. The van der Waals surface area contributed by atoms with Crippen LogP contribution in [0.25, 0.3) is 10.8 Å². The number of benzene rings is 3. The minimum atomic E-state index is -0.351. The molecule has 1 N–H and O–H groups in total. The maximum atomic E-state index is 13.3. The molecule has 6 nitrogen and oxygen atoms in total. The van der Waals surface area contributed by atoms with Crippen LogP contribution in [0.2, 0.25) is 0 Å². The van der Waals surface area contributed by atoms with E-state index in [1.807, 2.05) is 87.5 Å². The monoisotopic (exact) mass is 499 g/mol. The van der Waals surface area contributed by atoms with Crippen molar-refractivity contribution in [2.75, 3.05) is 17.6 Å². The molecule has 0 aliphatic carbocycles. The van der Waals surface area contributed by atoms with Gasteiger partial charge in [-0.3, -0.25) is 4.79 Å². The summed E-state index contributed by atoms with van der Waals surface area (Å²) in [5.74, 6) is 0.480. The molecule has 2 aliphatic heterocycles. The zero-order valence-electron chi connectivity index (χ0n) is 20.7. The van der Waals surface area contributed by atoms with Gasteiger partial charge in [-0.05, 0) is 61.7 Å². The second-order valence-corrected chi connectivity index (χ2v) is 10.3. The molecule has 0 bridgehead atoms. The Morgan fingerprint density at radius 1 is 1.08 bits per heavy atom. The van der Waals surface area contributed by atoms with Crippen LogP contribution in [0.4, 0.5) is 5.69 Å². The van der Waals surface area contributed by atoms with Gasteiger partial charge in [0.1, 0.15) is 0 Å². The van der Waals surface area contributed by atoms with Gasteiger partial charge in [0.05, 0.1) is 23.4 Å². The first-order chi connectivity index (χ1) is 17.4. The van der Waals surface area contributed by atoms with Gasteiger partial charge >= 0.3 is 5.97 Å². The van der Waals surface area contributed by atoms with Gasteiger partial charge in [-0.15, -0.1) is 0 Å². The molecule has 1 atom stereocenters. The molecule has 0 saturated carbocycles. The third-order valence-electron chi connectivity index (χ3n) is 6.32. The largest absolute Gasteiger partial charge is 0.459 e. The number of carbonyl (C=O) groups excluding carboxylic acids is 2. The number of esters is 1. The van der Waals surface area contributed by atoms with Gasteiger partial charge in [0.15, 0.2) is 5.17 Å². The van der Waals surface area contributed by atoms with E-state index >= 15 is 0 Å². The van der Waals surface area contributed by atoms with E-state index < -0.39 is 0 Å². The molecule has 184 valence electrons. The van der Waals surface area contributed by atoms with E-state index in [1.165, 1.54) is 0 Å². The van der Waals surface area contributed by atoms with Crippen molar-refractivity contribution in [2.24, 2.45) is 4.99 Å². The van der Waals surface area contributed by atoms with E-state index in [0.29, 0.717) is 22.5 Å². The van der Waals surface area contributed by atoms with Crippen LogP contribution in [0.5, 0.6) is 0 Å². The van der Waals surface area contributed by atoms with Gasteiger partial charge in [-0.2, -0.15) is 0 Å². The fourth-order valence-corrected chi connectivity index (χ4v) is 5.78.